The van der Waals surface area contributed by atoms with E-state index in [1.54, 1.807) is 6.92 Å². The third-order valence-corrected chi connectivity index (χ3v) is 4.01. The Morgan fingerprint density at radius 3 is 2.71 bits per heavy atom. The molecule has 0 saturated carbocycles. The molecule has 2 aromatic rings. The summed E-state index contributed by atoms with van der Waals surface area (Å²) in [5.41, 5.74) is 2.78. The molecular weight excluding hydrogens is 266 g/mol. The van der Waals surface area contributed by atoms with Gasteiger partial charge >= 0.3 is 0 Å². The number of likely N-dealkylation sites (tertiary alicyclic amines) is 1. The fraction of sp³-hybridized carbons (Fsp3) is 0.438. The lowest BCUT2D eigenvalue weighted by molar-refractivity contribution is 0.0707. The van der Waals surface area contributed by atoms with Crippen LogP contribution in [0.4, 0.5) is 0 Å². The molecule has 5 heteroatoms. The van der Waals surface area contributed by atoms with Gasteiger partial charge in [0.15, 0.2) is 11.6 Å². The number of hydrogen-bond donors (Lipinski definition) is 0. The van der Waals surface area contributed by atoms with E-state index in [4.69, 9.17) is 4.42 Å². The number of nitrogens with zero attached hydrogens (tertiary/aromatic N) is 3. The van der Waals surface area contributed by atoms with Crippen molar-refractivity contribution in [1.82, 2.24) is 14.9 Å². The van der Waals surface area contributed by atoms with Gasteiger partial charge in [0.05, 0.1) is 0 Å². The van der Waals surface area contributed by atoms with Crippen molar-refractivity contribution in [2.45, 2.75) is 32.6 Å². The Hall–Kier alpha value is -2.17. The molecule has 0 unspecified atom stereocenters. The lowest BCUT2D eigenvalue weighted by atomic mass is 9.89. The van der Waals surface area contributed by atoms with Gasteiger partial charge in [0.25, 0.3) is 5.91 Å². The minimum Gasteiger partial charge on any atom is -0.448 e. The van der Waals surface area contributed by atoms with E-state index < -0.39 is 0 Å². The second-order valence-electron chi connectivity index (χ2n) is 5.55. The topological polar surface area (TPSA) is 59.2 Å². The predicted molar refractivity (Wildman–Crippen MR) is 78.1 cm³/mol. The fourth-order valence-electron chi connectivity index (χ4n) is 2.86. The van der Waals surface area contributed by atoms with Crippen LogP contribution >= 0.6 is 0 Å². The molecule has 1 saturated heterocycles. The largest absolute Gasteiger partial charge is 0.448 e. The molecule has 110 valence electrons. The molecule has 1 amide bonds. The smallest absolute Gasteiger partial charge is 0.275 e. The molecule has 1 fully saturated rings. The van der Waals surface area contributed by atoms with Crippen LogP contribution in [0.25, 0.3) is 0 Å². The number of aryl methyl sites for hydroxylation is 2. The number of amides is 1. The normalized spacial score (nSPS) is 16.2. The van der Waals surface area contributed by atoms with E-state index in [2.05, 4.69) is 22.1 Å². The monoisotopic (exact) mass is 285 g/mol. The Bertz CT molecular complexity index is 642. The molecule has 1 aliphatic rings. The van der Waals surface area contributed by atoms with E-state index in [-0.39, 0.29) is 5.91 Å². The highest BCUT2D eigenvalue weighted by molar-refractivity contribution is 5.92. The SMILES string of the molecule is Cc1cc(C2CCN(C(=O)c3coc(C)n3)CC2)ccn1. The van der Waals surface area contributed by atoms with Crippen LogP contribution in [0.2, 0.25) is 0 Å². The average molecular weight is 285 g/mol. The number of hydrogen-bond acceptors (Lipinski definition) is 4. The molecule has 2 aromatic heterocycles. The quantitative estimate of drug-likeness (QED) is 0.851. The lowest BCUT2D eigenvalue weighted by Crippen LogP contribution is -2.38. The zero-order chi connectivity index (χ0) is 14.8. The Balaban J connectivity index is 1.64. The number of rotatable bonds is 2. The molecule has 0 N–H and O–H groups in total. The van der Waals surface area contributed by atoms with Crippen molar-refractivity contribution < 1.29 is 9.21 Å². The van der Waals surface area contributed by atoms with Crippen molar-refractivity contribution in [2.24, 2.45) is 0 Å². The van der Waals surface area contributed by atoms with Gasteiger partial charge in [-0.3, -0.25) is 9.78 Å². The number of piperidine rings is 1. The van der Waals surface area contributed by atoms with Gasteiger partial charge in [-0.1, -0.05) is 0 Å². The summed E-state index contributed by atoms with van der Waals surface area (Å²) >= 11 is 0. The Morgan fingerprint density at radius 1 is 1.33 bits per heavy atom. The van der Waals surface area contributed by atoms with E-state index >= 15 is 0 Å². The fourth-order valence-corrected chi connectivity index (χ4v) is 2.86. The Kier molecular flexibility index (Phi) is 3.73. The molecule has 0 aromatic carbocycles. The predicted octanol–water partition coefficient (Wildman–Crippen LogP) is 2.71. The van der Waals surface area contributed by atoms with Crippen LogP contribution in [0.1, 0.15) is 46.4 Å². The van der Waals surface area contributed by atoms with Crippen molar-refractivity contribution in [2.75, 3.05) is 13.1 Å². The number of aromatic nitrogens is 2. The highest BCUT2D eigenvalue weighted by Crippen LogP contribution is 2.28. The van der Waals surface area contributed by atoms with Crippen molar-refractivity contribution in [3.63, 3.8) is 0 Å². The van der Waals surface area contributed by atoms with Gasteiger partial charge < -0.3 is 9.32 Å². The second kappa shape index (κ2) is 5.68. The highest BCUT2D eigenvalue weighted by Gasteiger charge is 2.26. The summed E-state index contributed by atoms with van der Waals surface area (Å²) < 4.78 is 5.11. The van der Waals surface area contributed by atoms with Gasteiger partial charge in [0, 0.05) is 31.9 Å². The first kappa shape index (κ1) is 13.8. The summed E-state index contributed by atoms with van der Waals surface area (Å²) in [5, 5.41) is 0. The van der Waals surface area contributed by atoms with E-state index in [1.807, 2.05) is 18.0 Å². The van der Waals surface area contributed by atoms with Crippen molar-refractivity contribution in [1.29, 1.82) is 0 Å². The third-order valence-electron chi connectivity index (χ3n) is 4.01. The minimum absolute atomic E-state index is 0.0313. The van der Waals surface area contributed by atoms with Gasteiger partial charge in [-0.05, 0) is 43.4 Å². The zero-order valence-corrected chi connectivity index (χ0v) is 12.4. The molecular formula is C16H19N3O2. The summed E-state index contributed by atoms with van der Waals surface area (Å²) in [5.74, 6) is 1.01. The molecule has 0 aliphatic carbocycles. The van der Waals surface area contributed by atoms with Gasteiger partial charge in [-0.25, -0.2) is 4.98 Å². The summed E-state index contributed by atoms with van der Waals surface area (Å²) in [6.07, 6.45) is 5.26. The Morgan fingerprint density at radius 2 is 2.10 bits per heavy atom. The Labute approximate surface area is 124 Å². The second-order valence-corrected chi connectivity index (χ2v) is 5.55. The molecule has 0 atom stereocenters. The van der Waals surface area contributed by atoms with Gasteiger partial charge in [-0.15, -0.1) is 0 Å². The summed E-state index contributed by atoms with van der Waals surface area (Å²) in [4.78, 5) is 22.5. The first-order valence-corrected chi connectivity index (χ1v) is 7.27. The van der Waals surface area contributed by atoms with Crippen LogP contribution in [-0.2, 0) is 0 Å². The summed E-state index contributed by atoms with van der Waals surface area (Å²) in [6.45, 7) is 5.28. The van der Waals surface area contributed by atoms with Gasteiger partial charge in [0.1, 0.15) is 6.26 Å². The lowest BCUT2D eigenvalue weighted by Gasteiger charge is -2.31. The van der Waals surface area contributed by atoms with E-state index in [0.29, 0.717) is 17.5 Å². The first-order valence-electron chi connectivity index (χ1n) is 7.27. The average Bonchev–Trinajstić information content (AvgIpc) is 2.93. The van der Waals surface area contributed by atoms with Crippen LogP contribution in [0.15, 0.2) is 29.0 Å². The van der Waals surface area contributed by atoms with Gasteiger partial charge in [-0.2, -0.15) is 0 Å². The number of carbonyl (C=O) groups is 1. The molecule has 0 bridgehead atoms. The van der Waals surface area contributed by atoms with E-state index in [9.17, 15) is 4.79 Å². The maximum absolute atomic E-state index is 12.3. The van der Waals surface area contributed by atoms with E-state index in [1.165, 1.54) is 11.8 Å². The maximum atomic E-state index is 12.3. The number of oxazole rings is 1. The van der Waals surface area contributed by atoms with Crippen LogP contribution in [-0.4, -0.2) is 33.9 Å². The van der Waals surface area contributed by atoms with Crippen LogP contribution in [0.5, 0.6) is 0 Å². The molecule has 21 heavy (non-hydrogen) atoms. The van der Waals surface area contributed by atoms with Crippen molar-refractivity contribution in [3.05, 3.63) is 47.4 Å². The number of carbonyl (C=O) groups excluding carboxylic acids is 1. The molecule has 1 aliphatic heterocycles. The van der Waals surface area contributed by atoms with Gasteiger partial charge in [0.2, 0.25) is 0 Å². The minimum atomic E-state index is -0.0313. The number of pyridine rings is 1. The van der Waals surface area contributed by atoms with Crippen LogP contribution < -0.4 is 0 Å². The van der Waals surface area contributed by atoms with Crippen molar-refractivity contribution >= 4 is 5.91 Å². The van der Waals surface area contributed by atoms with Crippen LogP contribution in [0.3, 0.4) is 0 Å². The van der Waals surface area contributed by atoms with Crippen molar-refractivity contribution in [3.8, 4) is 0 Å². The summed E-state index contributed by atoms with van der Waals surface area (Å²) in [7, 11) is 0. The highest BCUT2D eigenvalue weighted by atomic mass is 16.3. The summed E-state index contributed by atoms with van der Waals surface area (Å²) in [6, 6.07) is 4.22. The first-order chi connectivity index (χ1) is 10.1. The molecule has 5 nitrogen and oxygen atoms in total. The molecule has 3 heterocycles. The molecule has 3 rings (SSSR count). The van der Waals surface area contributed by atoms with Crippen LogP contribution in [0, 0.1) is 13.8 Å². The maximum Gasteiger partial charge on any atom is 0.275 e. The third kappa shape index (κ3) is 2.96. The zero-order valence-electron chi connectivity index (χ0n) is 12.4. The molecule has 0 radical (unpaired) electrons. The molecule has 0 spiro atoms. The standard InChI is InChI=1S/C16H19N3O2/c1-11-9-14(3-6-17-11)13-4-7-19(8-5-13)16(20)15-10-21-12(2)18-15/h3,6,9-10,13H,4-5,7-8H2,1-2H3. The van der Waals surface area contributed by atoms with E-state index in [0.717, 1.165) is 31.6 Å².